The molecule has 0 saturated heterocycles. The number of carbonyl (C=O) groups is 2. The molecule has 3 aromatic rings. The van der Waals surface area contributed by atoms with Crippen LogP contribution in [0.4, 0.5) is 0 Å². The van der Waals surface area contributed by atoms with Crippen molar-refractivity contribution >= 4 is 11.8 Å². The fraction of sp³-hybridized carbons (Fsp3) is 0.208. The molecule has 2 aromatic carbocycles. The number of nitrogens with two attached hydrogens (primary N) is 1. The first-order chi connectivity index (χ1) is 15.4. The molecule has 0 bridgehead atoms. The maximum Gasteiger partial charge on any atom is 0.259 e. The van der Waals surface area contributed by atoms with Gasteiger partial charge in [0.2, 0.25) is 5.91 Å². The number of imide groups is 1. The smallest absolute Gasteiger partial charge is 0.259 e. The van der Waals surface area contributed by atoms with E-state index in [0.717, 1.165) is 5.56 Å². The number of rotatable bonds is 8. The van der Waals surface area contributed by atoms with E-state index in [1.807, 2.05) is 24.3 Å². The fourth-order valence-electron chi connectivity index (χ4n) is 3.13. The van der Waals surface area contributed by atoms with E-state index in [4.69, 9.17) is 19.9 Å². The van der Waals surface area contributed by atoms with Crippen molar-refractivity contribution in [3.63, 3.8) is 0 Å². The summed E-state index contributed by atoms with van der Waals surface area (Å²) in [6.45, 7) is 0. The average Bonchev–Trinajstić information content (AvgIpc) is 2.83. The van der Waals surface area contributed by atoms with Gasteiger partial charge in [0.15, 0.2) is 11.5 Å². The molecular formula is C24H25N3O5. The number of carbonyl (C=O) groups excluding carboxylic acids is 2. The molecule has 32 heavy (non-hydrogen) atoms. The summed E-state index contributed by atoms with van der Waals surface area (Å²) in [6, 6.07) is 15.3. The van der Waals surface area contributed by atoms with Crippen LogP contribution < -0.4 is 25.3 Å². The number of benzene rings is 2. The molecule has 0 radical (unpaired) electrons. The van der Waals surface area contributed by atoms with Crippen LogP contribution in [0.5, 0.6) is 17.2 Å². The number of amides is 2. The van der Waals surface area contributed by atoms with Crippen LogP contribution >= 0.6 is 0 Å². The highest BCUT2D eigenvalue weighted by molar-refractivity contribution is 6.04. The first-order valence-electron chi connectivity index (χ1n) is 9.87. The van der Waals surface area contributed by atoms with Gasteiger partial charge in [-0.1, -0.05) is 18.2 Å². The minimum Gasteiger partial charge on any atom is -0.497 e. The van der Waals surface area contributed by atoms with Crippen LogP contribution in [-0.4, -0.2) is 38.1 Å². The summed E-state index contributed by atoms with van der Waals surface area (Å²) in [5.74, 6) is 0.753. The normalized spacial score (nSPS) is 11.4. The van der Waals surface area contributed by atoms with E-state index in [9.17, 15) is 9.59 Å². The molecule has 0 aliphatic heterocycles. The van der Waals surface area contributed by atoms with E-state index in [0.29, 0.717) is 28.5 Å². The van der Waals surface area contributed by atoms with Crippen LogP contribution in [0.3, 0.4) is 0 Å². The molecule has 1 unspecified atom stereocenters. The van der Waals surface area contributed by atoms with Gasteiger partial charge in [0.25, 0.3) is 5.91 Å². The molecule has 0 fully saturated rings. The molecule has 3 rings (SSSR count). The standard InChI is InChI=1S/C24H25N3O5/c1-30-18-6-4-5-16(11-18)20-9-7-17(14-26-20)24(29)27-23(28)13-19(25)15-8-10-21(31-2)22(12-15)32-3/h4-12,14,19H,13,25H2,1-3H3,(H,27,28,29). The van der Waals surface area contributed by atoms with Gasteiger partial charge in [0, 0.05) is 24.2 Å². The molecule has 1 heterocycles. The van der Waals surface area contributed by atoms with E-state index < -0.39 is 17.9 Å². The molecule has 2 amide bonds. The first kappa shape index (κ1) is 22.8. The molecule has 1 aromatic heterocycles. The Balaban J connectivity index is 1.62. The minimum atomic E-state index is -0.615. The number of aromatic nitrogens is 1. The van der Waals surface area contributed by atoms with Gasteiger partial charge < -0.3 is 19.9 Å². The highest BCUT2D eigenvalue weighted by Crippen LogP contribution is 2.30. The lowest BCUT2D eigenvalue weighted by Gasteiger charge is -2.14. The zero-order valence-corrected chi connectivity index (χ0v) is 18.1. The van der Waals surface area contributed by atoms with Gasteiger partial charge in [0.1, 0.15) is 5.75 Å². The molecule has 166 valence electrons. The number of ether oxygens (including phenoxy) is 3. The number of methoxy groups -OCH3 is 3. The molecule has 3 N–H and O–H groups in total. The second kappa shape index (κ2) is 10.4. The summed E-state index contributed by atoms with van der Waals surface area (Å²) in [7, 11) is 4.65. The van der Waals surface area contributed by atoms with Gasteiger partial charge in [-0.3, -0.25) is 19.9 Å². The summed E-state index contributed by atoms with van der Waals surface area (Å²) in [5.41, 5.74) is 8.64. The van der Waals surface area contributed by atoms with Gasteiger partial charge in [-0.15, -0.1) is 0 Å². The predicted octanol–water partition coefficient (Wildman–Crippen LogP) is 3.12. The third-order valence-corrected chi connectivity index (χ3v) is 4.89. The van der Waals surface area contributed by atoms with Crippen molar-refractivity contribution in [3.8, 4) is 28.5 Å². The first-order valence-corrected chi connectivity index (χ1v) is 9.87. The van der Waals surface area contributed by atoms with Crippen molar-refractivity contribution in [2.75, 3.05) is 21.3 Å². The van der Waals surface area contributed by atoms with Crippen LogP contribution in [0.2, 0.25) is 0 Å². The van der Waals surface area contributed by atoms with E-state index >= 15 is 0 Å². The zero-order chi connectivity index (χ0) is 23.1. The molecular weight excluding hydrogens is 410 g/mol. The van der Waals surface area contributed by atoms with Crippen molar-refractivity contribution in [3.05, 3.63) is 71.9 Å². The van der Waals surface area contributed by atoms with Gasteiger partial charge in [-0.05, 0) is 42.0 Å². The summed E-state index contributed by atoms with van der Waals surface area (Å²) in [5, 5.41) is 2.35. The van der Waals surface area contributed by atoms with E-state index in [2.05, 4.69) is 10.3 Å². The van der Waals surface area contributed by atoms with Gasteiger partial charge in [-0.25, -0.2) is 0 Å². The Labute approximate surface area is 186 Å². The molecule has 0 spiro atoms. The summed E-state index contributed by atoms with van der Waals surface area (Å²) in [4.78, 5) is 29.1. The fourth-order valence-corrected chi connectivity index (χ4v) is 3.13. The molecule has 0 aliphatic rings. The Morgan fingerprint density at radius 1 is 0.969 bits per heavy atom. The van der Waals surface area contributed by atoms with E-state index in [-0.39, 0.29) is 12.0 Å². The van der Waals surface area contributed by atoms with Gasteiger partial charge in [0.05, 0.1) is 32.6 Å². The summed E-state index contributed by atoms with van der Waals surface area (Å²) in [6.07, 6.45) is 1.35. The summed E-state index contributed by atoms with van der Waals surface area (Å²) < 4.78 is 15.7. The Morgan fingerprint density at radius 2 is 1.75 bits per heavy atom. The lowest BCUT2D eigenvalue weighted by Crippen LogP contribution is -2.32. The Bertz CT molecular complexity index is 1100. The van der Waals surface area contributed by atoms with Crippen molar-refractivity contribution < 1.29 is 23.8 Å². The molecule has 1 atom stereocenters. The second-order valence-corrected chi connectivity index (χ2v) is 6.97. The van der Waals surface area contributed by atoms with Crippen molar-refractivity contribution in [2.24, 2.45) is 5.73 Å². The largest absolute Gasteiger partial charge is 0.497 e. The average molecular weight is 435 g/mol. The maximum absolute atomic E-state index is 12.4. The Kier molecular flexibility index (Phi) is 7.41. The lowest BCUT2D eigenvalue weighted by atomic mass is 10.0. The van der Waals surface area contributed by atoms with Crippen LogP contribution in [0.25, 0.3) is 11.3 Å². The highest BCUT2D eigenvalue weighted by Gasteiger charge is 2.17. The van der Waals surface area contributed by atoms with Gasteiger partial charge >= 0.3 is 0 Å². The van der Waals surface area contributed by atoms with Crippen molar-refractivity contribution in [2.45, 2.75) is 12.5 Å². The van der Waals surface area contributed by atoms with Crippen molar-refractivity contribution in [1.29, 1.82) is 0 Å². The van der Waals surface area contributed by atoms with Gasteiger partial charge in [-0.2, -0.15) is 0 Å². The van der Waals surface area contributed by atoms with Crippen LogP contribution in [-0.2, 0) is 4.79 Å². The number of hydrogen-bond acceptors (Lipinski definition) is 7. The van der Waals surface area contributed by atoms with E-state index in [1.54, 1.807) is 37.4 Å². The minimum absolute atomic E-state index is 0.0729. The maximum atomic E-state index is 12.4. The SMILES string of the molecule is COc1cccc(-c2ccc(C(=O)NC(=O)CC(N)c3ccc(OC)c(OC)c3)cn2)c1. The van der Waals surface area contributed by atoms with Crippen molar-refractivity contribution in [1.82, 2.24) is 10.3 Å². The number of pyridine rings is 1. The van der Waals surface area contributed by atoms with Crippen LogP contribution in [0.15, 0.2) is 60.8 Å². The highest BCUT2D eigenvalue weighted by atomic mass is 16.5. The zero-order valence-electron chi connectivity index (χ0n) is 18.1. The number of hydrogen-bond donors (Lipinski definition) is 2. The van der Waals surface area contributed by atoms with Crippen LogP contribution in [0, 0.1) is 0 Å². The third kappa shape index (κ3) is 5.41. The molecule has 8 nitrogen and oxygen atoms in total. The third-order valence-electron chi connectivity index (χ3n) is 4.89. The monoisotopic (exact) mass is 435 g/mol. The molecule has 0 aliphatic carbocycles. The van der Waals surface area contributed by atoms with E-state index in [1.165, 1.54) is 20.4 Å². The second-order valence-electron chi connectivity index (χ2n) is 6.97. The molecule has 0 saturated carbocycles. The predicted molar refractivity (Wildman–Crippen MR) is 120 cm³/mol. The summed E-state index contributed by atoms with van der Waals surface area (Å²) >= 11 is 0. The molecule has 8 heteroatoms. The Hall–Kier alpha value is -3.91. The number of nitrogens with one attached hydrogen (secondary N) is 1. The quantitative estimate of drug-likeness (QED) is 0.559. The Morgan fingerprint density at radius 3 is 2.41 bits per heavy atom. The van der Waals surface area contributed by atoms with Crippen LogP contribution in [0.1, 0.15) is 28.4 Å². The topological polar surface area (TPSA) is 113 Å². The number of nitrogens with zero attached hydrogens (tertiary/aromatic N) is 1. The lowest BCUT2D eigenvalue weighted by molar-refractivity contribution is -0.120.